The number of fused-ring (bicyclic) bond motifs is 3. The van der Waals surface area contributed by atoms with Crippen LogP contribution in [0.15, 0.2) is 18.2 Å². The van der Waals surface area contributed by atoms with E-state index in [1.807, 2.05) is 6.07 Å². The Kier molecular flexibility index (Phi) is 2.45. The van der Waals surface area contributed by atoms with Crippen molar-refractivity contribution in [3.8, 4) is 11.3 Å². The molecule has 18 heavy (non-hydrogen) atoms. The number of nitrogens with zero attached hydrogens (tertiary/aromatic N) is 1. The van der Waals surface area contributed by atoms with Crippen LogP contribution in [0.4, 0.5) is 9.52 Å². The summed E-state index contributed by atoms with van der Waals surface area (Å²) >= 11 is 1.67. The minimum absolute atomic E-state index is 0.0111. The van der Waals surface area contributed by atoms with Crippen molar-refractivity contribution in [1.82, 2.24) is 4.98 Å². The number of hydrogen-bond acceptors (Lipinski definition) is 3. The topological polar surface area (TPSA) is 24.9 Å². The zero-order valence-corrected chi connectivity index (χ0v) is 11.5. The predicted octanol–water partition coefficient (Wildman–Crippen LogP) is 4.06. The lowest BCUT2D eigenvalue weighted by Crippen LogP contribution is -2.25. The van der Waals surface area contributed by atoms with Crippen molar-refractivity contribution >= 4 is 16.5 Å². The van der Waals surface area contributed by atoms with E-state index in [4.69, 9.17) is 0 Å². The van der Waals surface area contributed by atoms with Gasteiger partial charge in [-0.25, -0.2) is 9.37 Å². The monoisotopic (exact) mass is 262 g/mol. The molecule has 0 aliphatic heterocycles. The summed E-state index contributed by atoms with van der Waals surface area (Å²) in [5.41, 5.74) is 3.15. The maximum Gasteiger partial charge on any atom is 0.183 e. The van der Waals surface area contributed by atoms with Gasteiger partial charge in [0.15, 0.2) is 5.13 Å². The quantitative estimate of drug-likeness (QED) is 0.715. The van der Waals surface area contributed by atoms with Crippen molar-refractivity contribution in [3.63, 3.8) is 0 Å². The summed E-state index contributed by atoms with van der Waals surface area (Å²) in [4.78, 5) is 5.86. The Morgan fingerprint density at radius 3 is 2.83 bits per heavy atom. The molecule has 0 unspecified atom stereocenters. The van der Waals surface area contributed by atoms with Crippen LogP contribution in [0, 0.1) is 5.82 Å². The Bertz CT molecular complexity index is 611. The third-order valence-corrected chi connectivity index (χ3v) is 3.82. The van der Waals surface area contributed by atoms with Crippen LogP contribution < -0.4 is 5.32 Å². The van der Waals surface area contributed by atoms with Crippen LogP contribution in [0.3, 0.4) is 0 Å². The number of aromatic nitrogens is 1. The van der Waals surface area contributed by atoms with Crippen LogP contribution in [-0.2, 0) is 6.42 Å². The van der Waals surface area contributed by atoms with Crippen molar-refractivity contribution in [2.24, 2.45) is 0 Å². The number of hydrogen-bond donors (Lipinski definition) is 1. The molecule has 0 atom stereocenters. The van der Waals surface area contributed by atoms with E-state index in [1.165, 1.54) is 10.9 Å². The molecule has 0 bridgehead atoms. The molecular formula is C14H15FN2S. The average molecular weight is 262 g/mol. The summed E-state index contributed by atoms with van der Waals surface area (Å²) < 4.78 is 13.2. The Labute approximate surface area is 110 Å². The van der Waals surface area contributed by atoms with E-state index in [0.717, 1.165) is 28.4 Å². The molecule has 1 N–H and O–H groups in total. The first kappa shape index (κ1) is 11.7. The van der Waals surface area contributed by atoms with E-state index in [9.17, 15) is 4.39 Å². The van der Waals surface area contributed by atoms with E-state index in [2.05, 4.69) is 31.1 Å². The number of anilines is 1. The van der Waals surface area contributed by atoms with E-state index < -0.39 is 0 Å². The summed E-state index contributed by atoms with van der Waals surface area (Å²) in [5.74, 6) is -0.169. The summed E-state index contributed by atoms with van der Waals surface area (Å²) in [6.45, 7) is 6.34. The summed E-state index contributed by atoms with van der Waals surface area (Å²) in [5, 5.41) is 4.33. The molecule has 0 spiro atoms. The van der Waals surface area contributed by atoms with Crippen molar-refractivity contribution in [2.75, 3.05) is 5.32 Å². The van der Waals surface area contributed by atoms with Gasteiger partial charge >= 0.3 is 0 Å². The first-order chi connectivity index (χ1) is 8.42. The van der Waals surface area contributed by atoms with Gasteiger partial charge < -0.3 is 5.32 Å². The highest BCUT2D eigenvalue weighted by atomic mass is 32.1. The zero-order chi connectivity index (χ0) is 12.9. The van der Waals surface area contributed by atoms with Crippen molar-refractivity contribution in [2.45, 2.75) is 32.7 Å². The molecular weight excluding hydrogens is 247 g/mol. The largest absolute Gasteiger partial charge is 0.357 e. The second kappa shape index (κ2) is 3.79. The second-order valence-corrected chi connectivity index (χ2v) is 6.73. The number of nitrogens with one attached hydrogen (secondary N) is 1. The smallest absolute Gasteiger partial charge is 0.183 e. The van der Waals surface area contributed by atoms with E-state index >= 15 is 0 Å². The lowest BCUT2D eigenvalue weighted by Gasteiger charge is -2.19. The number of benzene rings is 1. The molecule has 2 aromatic rings. The van der Waals surface area contributed by atoms with Crippen LogP contribution >= 0.6 is 11.3 Å². The molecule has 3 rings (SSSR count). The first-order valence-corrected chi connectivity index (χ1v) is 6.81. The molecule has 1 aromatic heterocycles. The normalized spacial score (nSPS) is 13.3. The van der Waals surface area contributed by atoms with E-state index in [-0.39, 0.29) is 11.4 Å². The average Bonchev–Trinajstić information content (AvgIpc) is 2.70. The fourth-order valence-corrected chi connectivity index (χ4v) is 3.38. The number of halogens is 1. The summed E-state index contributed by atoms with van der Waals surface area (Å²) in [6, 6.07) is 4.95. The van der Waals surface area contributed by atoms with E-state index in [0.29, 0.717) is 0 Å². The van der Waals surface area contributed by atoms with Gasteiger partial charge in [0.1, 0.15) is 5.82 Å². The maximum atomic E-state index is 13.2. The molecule has 1 aliphatic carbocycles. The van der Waals surface area contributed by atoms with Gasteiger partial charge in [0.25, 0.3) is 0 Å². The van der Waals surface area contributed by atoms with Gasteiger partial charge in [-0.2, -0.15) is 0 Å². The van der Waals surface area contributed by atoms with Gasteiger partial charge in [-0.1, -0.05) is 0 Å². The molecule has 1 aliphatic rings. The molecule has 1 aromatic carbocycles. The fraction of sp³-hybridized carbons (Fsp3) is 0.357. The molecule has 0 fully saturated rings. The van der Waals surface area contributed by atoms with Crippen LogP contribution in [0.5, 0.6) is 0 Å². The maximum absolute atomic E-state index is 13.2. The lowest BCUT2D eigenvalue weighted by molar-refractivity contribution is 0.626. The fourth-order valence-electron chi connectivity index (χ4n) is 2.17. The van der Waals surface area contributed by atoms with Gasteiger partial charge in [-0.15, -0.1) is 11.3 Å². The molecule has 4 heteroatoms. The third kappa shape index (κ3) is 2.01. The van der Waals surface area contributed by atoms with Gasteiger partial charge in [-0.05, 0) is 44.5 Å². The summed E-state index contributed by atoms with van der Waals surface area (Å²) in [7, 11) is 0. The van der Waals surface area contributed by atoms with Crippen LogP contribution in [0.2, 0.25) is 0 Å². The Morgan fingerprint density at radius 1 is 1.33 bits per heavy atom. The molecule has 0 saturated carbocycles. The van der Waals surface area contributed by atoms with Gasteiger partial charge in [0.05, 0.1) is 5.69 Å². The van der Waals surface area contributed by atoms with Gasteiger partial charge in [0, 0.05) is 22.4 Å². The Morgan fingerprint density at radius 2 is 2.11 bits per heavy atom. The zero-order valence-electron chi connectivity index (χ0n) is 10.7. The summed E-state index contributed by atoms with van der Waals surface area (Å²) in [6.07, 6.45) is 0.798. The highest BCUT2D eigenvalue weighted by Gasteiger charge is 2.24. The highest BCUT2D eigenvalue weighted by molar-refractivity contribution is 7.16. The number of thiazole rings is 1. The first-order valence-electron chi connectivity index (χ1n) is 5.99. The van der Waals surface area contributed by atoms with Crippen LogP contribution in [0.25, 0.3) is 11.3 Å². The van der Waals surface area contributed by atoms with Gasteiger partial charge in [-0.3, -0.25) is 0 Å². The van der Waals surface area contributed by atoms with Crippen molar-refractivity contribution < 1.29 is 4.39 Å². The lowest BCUT2D eigenvalue weighted by atomic mass is 10.1. The minimum atomic E-state index is -0.169. The number of rotatable bonds is 1. The molecule has 1 heterocycles. The SMILES string of the molecule is CC(C)(C)Nc1nc2c(s1)Cc1cc(F)ccc1-2. The molecule has 0 radical (unpaired) electrons. The second-order valence-electron chi connectivity index (χ2n) is 5.64. The molecule has 0 saturated heterocycles. The minimum Gasteiger partial charge on any atom is -0.357 e. The van der Waals surface area contributed by atoms with Crippen LogP contribution in [0.1, 0.15) is 31.2 Å². The molecule has 94 valence electrons. The van der Waals surface area contributed by atoms with Crippen molar-refractivity contribution in [3.05, 3.63) is 34.5 Å². The molecule has 0 amide bonds. The Balaban J connectivity index is 1.98. The van der Waals surface area contributed by atoms with Crippen LogP contribution in [-0.4, -0.2) is 10.5 Å². The van der Waals surface area contributed by atoms with Gasteiger partial charge in [0.2, 0.25) is 0 Å². The molecule has 2 nitrogen and oxygen atoms in total. The van der Waals surface area contributed by atoms with E-state index in [1.54, 1.807) is 17.4 Å². The predicted molar refractivity (Wildman–Crippen MR) is 73.7 cm³/mol. The highest BCUT2D eigenvalue weighted by Crippen LogP contribution is 2.41. The van der Waals surface area contributed by atoms with Crippen molar-refractivity contribution in [1.29, 1.82) is 0 Å². The Hall–Kier alpha value is -1.42. The standard InChI is InChI=1S/C14H15FN2S/c1-14(2,3)17-13-16-12-10-5-4-9(15)6-8(10)7-11(12)18-13/h4-6H,7H2,1-3H3,(H,16,17). The third-order valence-electron chi connectivity index (χ3n) is 2.85.